The molecule has 0 bridgehead atoms. The van der Waals surface area contributed by atoms with Crippen LogP contribution >= 0.6 is 0 Å². The lowest BCUT2D eigenvalue weighted by molar-refractivity contribution is -0.137. The van der Waals surface area contributed by atoms with Gasteiger partial charge in [0, 0.05) is 6.21 Å². The number of alkyl halides is 3. The fourth-order valence-electron chi connectivity index (χ4n) is 2.17. The molecule has 0 N–H and O–H groups in total. The zero-order chi connectivity index (χ0) is 17.7. The second-order valence-corrected chi connectivity index (χ2v) is 5.29. The van der Waals surface area contributed by atoms with Crippen molar-refractivity contribution < 1.29 is 17.9 Å². The highest BCUT2D eigenvalue weighted by Gasteiger charge is 2.30. The number of benzene rings is 3. The van der Waals surface area contributed by atoms with E-state index in [0.29, 0.717) is 17.0 Å². The molecule has 0 aliphatic rings. The van der Waals surface area contributed by atoms with Crippen LogP contribution in [0.5, 0.6) is 11.5 Å². The maximum Gasteiger partial charge on any atom is 0.416 e. The van der Waals surface area contributed by atoms with E-state index in [-0.39, 0.29) is 0 Å². The minimum absolute atomic E-state index is 0.388. The van der Waals surface area contributed by atoms with Crippen molar-refractivity contribution in [3.05, 3.63) is 90.0 Å². The molecular weight excluding hydrogens is 327 g/mol. The number of nitrogens with zero attached hydrogens (tertiary/aromatic N) is 1. The van der Waals surface area contributed by atoms with Gasteiger partial charge in [-0.1, -0.05) is 30.3 Å². The summed E-state index contributed by atoms with van der Waals surface area (Å²) >= 11 is 0. The highest BCUT2D eigenvalue weighted by molar-refractivity contribution is 5.82. The maximum atomic E-state index is 12.7. The highest BCUT2D eigenvalue weighted by Crippen LogP contribution is 2.29. The Morgan fingerprint density at radius 1 is 0.760 bits per heavy atom. The zero-order valence-corrected chi connectivity index (χ0v) is 13.1. The van der Waals surface area contributed by atoms with E-state index in [1.165, 1.54) is 12.3 Å². The number of rotatable bonds is 4. The molecule has 0 aliphatic heterocycles. The lowest BCUT2D eigenvalue weighted by Crippen LogP contribution is -2.04. The van der Waals surface area contributed by atoms with E-state index < -0.39 is 11.7 Å². The van der Waals surface area contributed by atoms with Gasteiger partial charge in [-0.2, -0.15) is 13.2 Å². The molecule has 0 saturated carbocycles. The van der Waals surface area contributed by atoms with Gasteiger partial charge < -0.3 is 4.74 Å². The van der Waals surface area contributed by atoms with Crippen LogP contribution in [-0.4, -0.2) is 6.21 Å². The average molecular weight is 341 g/mol. The monoisotopic (exact) mass is 341 g/mol. The van der Waals surface area contributed by atoms with Gasteiger partial charge in [0.1, 0.15) is 11.5 Å². The molecule has 25 heavy (non-hydrogen) atoms. The summed E-state index contributed by atoms with van der Waals surface area (Å²) in [4.78, 5) is 4.20. The minimum Gasteiger partial charge on any atom is -0.457 e. The van der Waals surface area contributed by atoms with Crippen LogP contribution in [-0.2, 0) is 6.18 Å². The Morgan fingerprint density at radius 2 is 1.44 bits per heavy atom. The summed E-state index contributed by atoms with van der Waals surface area (Å²) in [5.41, 5.74) is 0.320. The number of ether oxygens (including phenoxy) is 1. The largest absolute Gasteiger partial charge is 0.457 e. The predicted octanol–water partition coefficient (Wildman–Crippen LogP) is 6.25. The van der Waals surface area contributed by atoms with Crippen LogP contribution in [0.15, 0.2) is 83.9 Å². The smallest absolute Gasteiger partial charge is 0.416 e. The summed E-state index contributed by atoms with van der Waals surface area (Å²) in [6.07, 6.45) is -2.96. The van der Waals surface area contributed by atoms with Gasteiger partial charge in [0.25, 0.3) is 0 Å². The third kappa shape index (κ3) is 4.70. The number of hydrogen-bond acceptors (Lipinski definition) is 2. The molecule has 126 valence electrons. The van der Waals surface area contributed by atoms with Crippen LogP contribution in [0.2, 0.25) is 0 Å². The van der Waals surface area contributed by atoms with Crippen molar-refractivity contribution in [1.29, 1.82) is 0 Å². The molecule has 0 amide bonds. The predicted molar refractivity (Wildman–Crippen MR) is 91.7 cm³/mol. The number of aliphatic imine (C=N–C) groups is 1. The molecule has 0 fully saturated rings. The second kappa shape index (κ2) is 7.21. The quantitative estimate of drug-likeness (QED) is 0.514. The summed E-state index contributed by atoms with van der Waals surface area (Å²) in [6, 6.07) is 21.4. The van der Waals surface area contributed by atoms with Gasteiger partial charge >= 0.3 is 6.18 Å². The summed E-state index contributed by atoms with van der Waals surface area (Å²) in [5, 5.41) is 0. The third-order valence-electron chi connectivity index (χ3n) is 3.39. The van der Waals surface area contributed by atoms with Gasteiger partial charge in [0.2, 0.25) is 0 Å². The SMILES string of the molecule is FC(F)(F)c1cccc(C=Nc2ccc(Oc3ccccc3)cc2)c1. The van der Waals surface area contributed by atoms with Crippen LogP contribution < -0.4 is 4.74 Å². The minimum atomic E-state index is -4.36. The van der Waals surface area contributed by atoms with Gasteiger partial charge in [-0.25, -0.2) is 0 Å². The first-order chi connectivity index (χ1) is 12.0. The Bertz CT molecular complexity index is 856. The van der Waals surface area contributed by atoms with Gasteiger partial charge in [-0.15, -0.1) is 0 Å². The Labute approximate surface area is 143 Å². The van der Waals surface area contributed by atoms with Crippen molar-refractivity contribution in [2.24, 2.45) is 4.99 Å². The Hall–Kier alpha value is -3.08. The van der Waals surface area contributed by atoms with Crippen molar-refractivity contribution in [2.45, 2.75) is 6.18 Å². The van der Waals surface area contributed by atoms with E-state index in [0.717, 1.165) is 17.9 Å². The van der Waals surface area contributed by atoms with Crippen molar-refractivity contribution in [1.82, 2.24) is 0 Å². The van der Waals surface area contributed by atoms with E-state index >= 15 is 0 Å². The Morgan fingerprint density at radius 3 is 2.12 bits per heavy atom. The summed E-state index contributed by atoms with van der Waals surface area (Å²) in [5.74, 6) is 1.38. The van der Waals surface area contributed by atoms with Crippen molar-refractivity contribution in [2.75, 3.05) is 0 Å². The molecule has 0 radical (unpaired) electrons. The second-order valence-electron chi connectivity index (χ2n) is 5.29. The van der Waals surface area contributed by atoms with Crippen molar-refractivity contribution >= 4 is 11.9 Å². The highest BCUT2D eigenvalue weighted by atomic mass is 19.4. The fraction of sp³-hybridized carbons (Fsp3) is 0.0500. The van der Waals surface area contributed by atoms with Crippen LogP contribution in [0, 0.1) is 0 Å². The molecule has 0 saturated heterocycles. The van der Waals surface area contributed by atoms with Crippen molar-refractivity contribution in [3.63, 3.8) is 0 Å². The molecule has 0 aliphatic carbocycles. The van der Waals surface area contributed by atoms with Crippen LogP contribution in [0.25, 0.3) is 0 Å². The molecule has 0 heterocycles. The zero-order valence-electron chi connectivity index (χ0n) is 13.1. The van der Waals surface area contributed by atoms with Gasteiger partial charge in [-0.3, -0.25) is 4.99 Å². The third-order valence-corrected chi connectivity index (χ3v) is 3.39. The molecule has 3 aromatic carbocycles. The summed E-state index contributed by atoms with van der Waals surface area (Å²) in [6.45, 7) is 0. The van der Waals surface area contributed by atoms with Crippen molar-refractivity contribution in [3.8, 4) is 11.5 Å². The van der Waals surface area contributed by atoms with Gasteiger partial charge in [0.05, 0.1) is 11.3 Å². The molecule has 2 nitrogen and oxygen atoms in total. The van der Waals surface area contributed by atoms with Gasteiger partial charge in [-0.05, 0) is 54.1 Å². The van der Waals surface area contributed by atoms with Gasteiger partial charge in [0.15, 0.2) is 0 Å². The first-order valence-corrected chi connectivity index (χ1v) is 7.55. The summed E-state index contributed by atoms with van der Waals surface area (Å²) in [7, 11) is 0. The number of para-hydroxylation sites is 1. The first kappa shape index (κ1) is 16.8. The lowest BCUT2D eigenvalue weighted by atomic mass is 10.1. The van der Waals surface area contributed by atoms with Crippen LogP contribution in [0.3, 0.4) is 0 Å². The van der Waals surface area contributed by atoms with Crippen LogP contribution in [0.4, 0.5) is 18.9 Å². The molecule has 0 atom stereocenters. The Balaban J connectivity index is 1.70. The lowest BCUT2D eigenvalue weighted by Gasteiger charge is -2.06. The van der Waals surface area contributed by atoms with Crippen LogP contribution in [0.1, 0.15) is 11.1 Å². The summed E-state index contributed by atoms with van der Waals surface area (Å²) < 4.78 is 43.8. The molecule has 5 heteroatoms. The molecule has 0 spiro atoms. The first-order valence-electron chi connectivity index (χ1n) is 7.55. The van der Waals surface area contributed by atoms with E-state index in [1.54, 1.807) is 30.3 Å². The molecule has 0 unspecified atom stereocenters. The molecular formula is C20H14F3NO. The van der Waals surface area contributed by atoms with E-state index in [2.05, 4.69) is 4.99 Å². The fourth-order valence-corrected chi connectivity index (χ4v) is 2.17. The normalized spacial score (nSPS) is 11.6. The Kier molecular flexibility index (Phi) is 4.84. The average Bonchev–Trinajstić information content (AvgIpc) is 2.62. The molecule has 3 aromatic rings. The standard InChI is InChI=1S/C20H14F3NO/c21-20(22,23)16-6-4-5-15(13-16)14-24-17-9-11-19(12-10-17)25-18-7-2-1-3-8-18/h1-14H. The number of halogens is 3. The van der Waals surface area contributed by atoms with E-state index in [4.69, 9.17) is 4.74 Å². The number of hydrogen-bond donors (Lipinski definition) is 0. The molecule has 0 aromatic heterocycles. The van der Waals surface area contributed by atoms with E-state index in [1.807, 2.05) is 30.3 Å². The topological polar surface area (TPSA) is 21.6 Å². The maximum absolute atomic E-state index is 12.7. The molecule has 3 rings (SSSR count). The van der Waals surface area contributed by atoms with E-state index in [9.17, 15) is 13.2 Å².